The zero-order chi connectivity index (χ0) is 16.1. The largest absolute Gasteiger partial charge is 0.491 e. The molecule has 0 aliphatic carbocycles. The average molecular weight is 331 g/mol. The second-order valence-corrected chi connectivity index (χ2v) is 6.93. The van der Waals surface area contributed by atoms with Crippen LogP contribution in [0.25, 0.3) is 0 Å². The number of methoxy groups -OCH3 is 1. The van der Waals surface area contributed by atoms with Gasteiger partial charge in [-0.3, -0.25) is 4.90 Å². The monoisotopic (exact) mass is 331 g/mol. The fourth-order valence-corrected chi connectivity index (χ4v) is 4.21. The number of ether oxygens (including phenoxy) is 2. The Bertz CT molecular complexity index is 608. The third-order valence-electron chi connectivity index (χ3n) is 4.46. The Kier molecular flexibility index (Phi) is 5.70. The van der Waals surface area contributed by atoms with Crippen LogP contribution < -0.4 is 4.74 Å². The lowest BCUT2D eigenvalue weighted by Gasteiger charge is -2.35. The quantitative estimate of drug-likeness (QED) is 0.707. The number of hydrogen-bond acceptors (Lipinski definition) is 4. The van der Waals surface area contributed by atoms with E-state index in [4.69, 9.17) is 9.47 Å². The van der Waals surface area contributed by atoms with Crippen molar-refractivity contribution in [2.45, 2.75) is 32.4 Å². The van der Waals surface area contributed by atoms with Crippen LogP contribution in [0.4, 0.5) is 0 Å². The molecule has 23 heavy (non-hydrogen) atoms. The molecule has 0 spiro atoms. The Morgan fingerprint density at radius 2 is 2.00 bits per heavy atom. The van der Waals surface area contributed by atoms with Crippen LogP contribution in [0.3, 0.4) is 0 Å². The Balaban J connectivity index is 1.63. The molecule has 0 saturated heterocycles. The van der Waals surface area contributed by atoms with E-state index < -0.39 is 0 Å². The minimum absolute atomic E-state index is 0.558. The summed E-state index contributed by atoms with van der Waals surface area (Å²) in [5.74, 6) is 0.914. The molecule has 0 radical (unpaired) electrons. The van der Waals surface area contributed by atoms with E-state index in [1.165, 1.54) is 18.4 Å². The molecule has 1 unspecified atom stereocenters. The summed E-state index contributed by atoms with van der Waals surface area (Å²) in [6, 6.07) is 11.4. The number of hydrogen-bond donors (Lipinski definition) is 0. The van der Waals surface area contributed by atoms with Gasteiger partial charge in [-0.25, -0.2) is 0 Å². The SMILES string of the molecule is CCC1c2ccsc2CCN1Cc1ccc(OCCOC)cc1. The molecule has 124 valence electrons. The van der Waals surface area contributed by atoms with E-state index in [1.54, 1.807) is 17.6 Å². The van der Waals surface area contributed by atoms with Gasteiger partial charge in [0, 0.05) is 31.1 Å². The van der Waals surface area contributed by atoms with Gasteiger partial charge in [0.1, 0.15) is 12.4 Å². The minimum Gasteiger partial charge on any atom is -0.491 e. The molecule has 0 fully saturated rings. The predicted molar refractivity (Wildman–Crippen MR) is 95.3 cm³/mol. The van der Waals surface area contributed by atoms with Gasteiger partial charge in [0.25, 0.3) is 0 Å². The number of rotatable bonds is 7. The van der Waals surface area contributed by atoms with Crippen molar-refractivity contribution in [1.82, 2.24) is 4.90 Å². The first-order chi connectivity index (χ1) is 11.3. The fourth-order valence-electron chi connectivity index (χ4n) is 3.28. The number of thiophene rings is 1. The van der Waals surface area contributed by atoms with Crippen molar-refractivity contribution < 1.29 is 9.47 Å². The van der Waals surface area contributed by atoms with Crippen LogP contribution in [0, 0.1) is 0 Å². The van der Waals surface area contributed by atoms with Crippen LogP contribution in [0.15, 0.2) is 35.7 Å². The standard InChI is InChI=1S/C19H25NO2S/c1-3-18-17-9-13-23-19(17)8-10-20(18)14-15-4-6-16(7-5-15)22-12-11-21-2/h4-7,9,13,18H,3,8,10-12,14H2,1-2H3. The van der Waals surface area contributed by atoms with Gasteiger partial charge in [0.2, 0.25) is 0 Å². The summed E-state index contributed by atoms with van der Waals surface area (Å²) in [4.78, 5) is 4.19. The highest BCUT2D eigenvalue weighted by molar-refractivity contribution is 7.10. The second kappa shape index (κ2) is 7.95. The Morgan fingerprint density at radius 1 is 1.17 bits per heavy atom. The Labute approximate surface area is 142 Å². The van der Waals surface area contributed by atoms with E-state index in [9.17, 15) is 0 Å². The highest BCUT2D eigenvalue weighted by atomic mass is 32.1. The summed E-state index contributed by atoms with van der Waals surface area (Å²) in [6.45, 7) is 5.67. The summed E-state index contributed by atoms with van der Waals surface area (Å²) >= 11 is 1.91. The molecule has 0 amide bonds. The van der Waals surface area contributed by atoms with E-state index in [0.29, 0.717) is 19.3 Å². The molecule has 2 aromatic rings. The molecule has 1 aromatic carbocycles. The maximum atomic E-state index is 5.63. The maximum Gasteiger partial charge on any atom is 0.119 e. The van der Waals surface area contributed by atoms with Gasteiger partial charge in [-0.15, -0.1) is 11.3 Å². The molecule has 0 saturated carbocycles. The summed E-state index contributed by atoms with van der Waals surface area (Å²) < 4.78 is 10.6. The molecule has 1 aliphatic heterocycles. The molecule has 3 rings (SSSR count). The van der Waals surface area contributed by atoms with Crippen molar-refractivity contribution in [2.24, 2.45) is 0 Å². The first kappa shape index (κ1) is 16.5. The van der Waals surface area contributed by atoms with Crippen molar-refractivity contribution in [3.63, 3.8) is 0 Å². The maximum absolute atomic E-state index is 5.63. The van der Waals surface area contributed by atoms with Crippen LogP contribution in [0.1, 0.15) is 35.4 Å². The minimum atomic E-state index is 0.558. The van der Waals surface area contributed by atoms with Gasteiger partial charge in [-0.1, -0.05) is 19.1 Å². The smallest absolute Gasteiger partial charge is 0.119 e. The fraction of sp³-hybridized carbons (Fsp3) is 0.474. The highest BCUT2D eigenvalue weighted by Gasteiger charge is 2.26. The van der Waals surface area contributed by atoms with Crippen LogP contribution in [-0.4, -0.2) is 31.8 Å². The normalized spacial score (nSPS) is 17.9. The molecular weight excluding hydrogens is 306 g/mol. The molecule has 1 aliphatic rings. The number of benzene rings is 1. The average Bonchev–Trinajstić information content (AvgIpc) is 3.05. The lowest BCUT2D eigenvalue weighted by molar-refractivity contribution is 0.146. The van der Waals surface area contributed by atoms with Crippen molar-refractivity contribution in [3.05, 3.63) is 51.7 Å². The lowest BCUT2D eigenvalue weighted by Crippen LogP contribution is -2.33. The van der Waals surface area contributed by atoms with Crippen molar-refractivity contribution in [3.8, 4) is 5.75 Å². The van der Waals surface area contributed by atoms with Crippen molar-refractivity contribution in [1.29, 1.82) is 0 Å². The first-order valence-electron chi connectivity index (χ1n) is 8.32. The zero-order valence-corrected chi connectivity index (χ0v) is 14.8. The summed E-state index contributed by atoms with van der Waals surface area (Å²) in [5.41, 5.74) is 2.89. The van der Waals surface area contributed by atoms with Gasteiger partial charge >= 0.3 is 0 Å². The van der Waals surface area contributed by atoms with Gasteiger partial charge in [-0.05, 0) is 47.5 Å². The summed E-state index contributed by atoms with van der Waals surface area (Å²) in [5, 5.41) is 2.24. The van der Waals surface area contributed by atoms with E-state index >= 15 is 0 Å². The number of nitrogens with zero attached hydrogens (tertiary/aromatic N) is 1. The van der Waals surface area contributed by atoms with Crippen LogP contribution in [0.5, 0.6) is 5.75 Å². The van der Waals surface area contributed by atoms with Gasteiger partial charge in [-0.2, -0.15) is 0 Å². The lowest BCUT2D eigenvalue weighted by atomic mass is 9.97. The second-order valence-electron chi connectivity index (χ2n) is 5.93. The van der Waals surface area contributed by atoms with E-state index in [2.05, 4.69) is 47.5 Å². The van der Waals surface area contributed by atoms with Crippen LogP contribution in [0.2, 0.25) is 0 Å². The van der Waals surface area contributed by atoms with E-state index in [0.717, 1.165) is 18.8 Å². The van der Waals surface area contributed by atoms with E-state index in [1.807, 2.05) is 11.3 Å². The molecule has 1 atom stereocenters. The van der Waals surface area contributed by atoms with Crippen LogP contribution >= 0.6 is 11.3 Å². The zero-order valence-electron chi connectivity index (χ0n) is 14.0. The number of fused-ring (bicyclic) bond motifs is 1. The van der Waals surface area contributed by atoms with Gasteiger partial charge < -0.3 is 9.47 Å². The van der Waals surface area contributed by atoms with Crippen molar-refractivity contribution >= 4 is 11.3 Å². The molecule has 0 bridgehead atoms. The molecular formula is C19H25NO2S. The predicted octanol–water partition coefficient (Wildman–Crippen LogP) is 4.28. The third kappa shape index (κ3) is 3.94. The van der Waals surface area contributed by atoms with Crippen LogP contribution in [-0.2, 0) is 17.7 Å². The topological polar surface area (TPSA) is 21.7 Å². The summed E-state index contributed by atoms with van der Waals surface area (Å²) in [6.07, 6.45) is 2.35. The molecule has 1 aromatic heterocycles. The highest BCUT2D eigenvalue weighted by Crippen LogP contribution is 2.36. The summed E-state index contributed by atoms with van der Waals surface area (Å²) in [7, 11) is 1.69. The van der Waals surface area contributed by atoms with Crippen molar-refractivity contribution in [2.75, 3.05) is 26.9 Å². The van der Waals surface area contributed by atoms with E-state index in [-0.39, 0.29) is 0 Å². The Morgan fingerprint density at radius 3 is 2.74 bits per heavy atom. The first-order valence-corrected chi connectivity index (χ1v) is 9.20. The van der Waals surface area contributed by atoms with Gasteiger partial charge in [0.05, 0.1) is 6.61 Å². The molecule has 3 nitrogen and oxygen atoms in total. The molecule has 0 N–H and O–H groups in total. The molecule has 2 heterocycles. The third-order valence-corrected chi connectivity index (χ3v) is 5.45. The Hall–Kier alpha value is -1.36. The molecule has 4 heteroatoms. The van der Waals surface area contributed by atoms with Gasteiger partial charge in [0.15, 0.2) is 0 Å².